The highest BCUT2D eigenvalue weighted by molar-refractivity contribution is 5.58. The van der Waals surface area contributed by atoms with Crippen molar-refractivity contribution < 1.29 is 14.6 Å². The number of aliphatic hydroxyl groups is 1. The largest absolute Gasteiger partial charge is 0.493 e. The number of hydrogen-bond donors (Lipinski definition) is 2. The summed E-state index contributed by atoms with van der Waals surface area (Å²) in [5.41, 5.74) is 5.97. The van der Waals surface area contributed by atoms with Crippen molar-refractivity contribution in [1.82, 2.24) is 0 Å². The monoisotopic (exact) mass is 221 g/mol. The maximum atomic E-state index is 10.7. The first kappa shape index (κ1) is 11.1. The summed E-state index contributed by atoms with van der Waals surface area (Å²) in [7, 11) is 0. The number of aldehydes is 1. The summed E-state index contributed by atoms with van der Waals surface area (Å²) in [6, 6.07) is 7.60. The van der Waals surface area contributed by atoms with Gasteiger partial charge in [-0.3, -0.25) is 0 Å². The van der Waals surface area contributed by atoms with E-state index in [9.17, 15) is 9.90 Å². The number of hydrogen-bond acceptors (Lipinski definition) is 4. The molecule has 1 aromatic carbocycles. The molecule has 1 aliphatic heterocycles. The first-order valence-electron chi connectivity index (χ1n) is 5.26. The maximum absolute atomic E-state index is 10.7. The van der Waals surface area contributed by atoms with Crippen LogP contribution in [0.15, 0.2) is 24.3 Å². The minimum absolute atomic E-state index is 0.223. The third kappa shape index (κ3) is 1.70. The van der Waals surface area contributed by atoms with Gasteiger partial charge in [0.15, 0.2) is 0 Å². The van der Waals surface area contributed by atoms with Crippen LogP contribution in [0.1, 0.15) is 5.56 Å². The molecule has 0 radical (unpaired) electrons. The Hall–Kier alpha value is -1.39. The second-order valence-corrected chi connectivity index (χ2v) is 4.22. The SMILES string of the molecule is NCC1(C(O)C=O)COc2ccccc2C1. The van der Waals surface area contributed by atoms with Gasteiger partial charge in [0, 0.05) is 6.54 Å². The third-order valence-corrected chi connectivity index (χ3v) is 3.19. The average molecular weight is 221 g/mol. The molecule has 0 saturated heterocycles. The fourth-order valence-electron chi connectivity index (χ4n) is 2.03. The molecule has 1 heterocycles. The van der Waals surface area contributed by atoms with Crippen LogP contribution in [0, 0.1) is 5.41 Å². The van der Waals surface area contributed by atoms with Gasteiger partial charge >= 0.3 is 0 Å². The number of carbonyl (C=O) groups excluding carboxylic acids is 1. The smallest absolute Gasteiger partial charge is 0.149 e. The van der Waals surface area contributed by atoms with Crippen molar-refractivity contribution in [3.8, 4) is 5.75 Å². The van der Waals surface area contributed by atoms with E-state index >= 15 is 0 Å². The van der Waals surface area contributed by atoms with Crippen LogP contribution in [0.2, 0.25) is 0 Å². The Bertz CT molecular complexity index is 394. The molecule has 0 spiro atoms. The molecule has 0 aliphatic carbocycles. The molecule has 16 heavy (non-hydrogen) atoms. The standard InChI is InChI=1S/C12H15NO3/c13-7-12(11(15)6-14)5-9-3-1-2-4-10(9)16-8-12/h1-4,6,11,15H,5,7-8,13H2. The minimum Gasteiger partial charge on any atom is -0.493 e. The Morgan fingerprint density at radius 2 is 2.31 bits per heavy atom. The van der Waals surface area contributed by atoms with E-state index in [1.165, 1.54) is 0 Å². The zero-order chi connectivity index (χ0) is 11.6. The molecule has 1 aliphatic rings. The second kappa shape index (κ2) is 4.23. The van der Waals surface area contributed by atoms with Gasteiger partial charge in [-0.25, -0.2) is 0 Å². The Morgan fingerprint density at radius 3 is 3.00 bits per heavy atom. The van der Waals surface area contributed by atoms with E-state index in [4.69, 9.17) is 10.5 Å². The first-order chi connectivity index (χ1) is 7.72. The normalized spacial score (nSPS) is 25.4. The predicted molar refractivity (Wildman–Crippen MR) is 59.2 cm³/mol. The minimum atomic E-state index is -1.08. The molecule has 1 aromatic rings. The van der Waals surface area contributed by atoms with Crippen molar-refractivity contribution in [3.05, 3.63) is 29.8 Å². The van der Waals surface area contributed by atoms with Crippen molar-refractivity contribution in [2.75, 3.05) is 13.2 Å². The summed E-state index contributed by atoms with van der Waals surface area (Å²) in [6.07, 6.45) is 0.0230. The van der Waals surface area contributed by atoms with E-state index in [2.05, 4.69) is 0 Å². The predicted octanol–water partition coefficient (Wildman–Crippen LogP) is 0.126. The summed E-state index contributed by atoms with van der Waals surface area (Å²) in [6.45, 7) is 0.502. The van der Waals surface area contributed by atoms with Gasteiger partial charge in [-0.15, -0.1) is 0 Å². The molecule has 2 atom stereocenters. The van der Waals surface area contributed by atoms with Gasteiger partial charge in [-0.05, 0) is 18.1 Å². The van der Waals surface area contributed by atoms with E-state index in [1.807, 2.05) is 24.3 Å². The average Bonchev–Trinajstić information content (AvgIpc) is 2.37. The van der Waals surface area contributed by atoms with Crippen LogP contribution in [0.4, 0.5) is 0 Å². The highest BCUT2D eigenvalue weighted by Gasteiger charge is 2.41. The van der Waals surface area contributed by atoms with Gasteiger partial charge in [-0.1, -0.05) is 18.2 Å². The van der Waals surface area contributed by atoms with E-state index in [1.54, 1.807) is 0 Å². The number of rotatable bonds is 3. The number of fused-ring (bicyclic) bond motifs is 1. The van der Waals surface area contributed by atoms with Crippen LogP contribution in [-0.4, -0.2) is 30.6 Å². The van der Waals surface area contributed by atoms with Crippen LogP contribution in [0.25, 0.3) is 0 Å². The fourth-order valence-corrected chi connectivity index (χ4v) is 2.03. The number of para-hydroxylation sites is 1. The van der Waals surface area contributed by atoms with Crippen molar-refractivity contribution >= 4 is 6.29 Å². The van der Waals surface area contributed by atoms with Gasteiger partial charge < -0.3 is 20.4 Å². The van der Waals surface area contributed by atoms with Gasteiger partial charge in [0.05, 0.1) is 12.0 Å². The highest BCUT2D eigenvalue weighted by atomic mass is 16.5. The molecule has 4 nitrogen and oxygen atoms in total. The topological polar surface area (TPSA) is 72.5 Å². The number of ether oxygens (including phenoxy) is 1. The molecular formula is C12H15NO3. The zero-order valence-corrected chi connectivity index (χ0v) is 8.93. The Balaban J connectivity index is 2.31. The van der Waals surface area contributed by atoms with Gasteiger partial charge in [-0.2, -0.15) is 0 Å². The summed E-state index contributed by atoms with van der Waals surface area (Å²) in [5, 5.41) is 9.73. The molecule has 0 saturated carbocycles. The van der Waals surface area contributed by atoms with Crippen LogP contribution in [0.3, 0.4) is 0 Å². The van der Waals surface area contributed by atoms with Crippen molar-refractivity contribution in [2.45, 2.75) is 12.5 Å². The lowest BCUT2D eigenvalue weighted by atomic mass is 9.76. The lowest BCUT2D eigenvalue weighted by Crippen LogP contribution is -2.50. The van der Waals surface area contributed by atoms with Gasteiger partial charge in [0.1, 0.15) is 18.1 Å². The first-order valence-corrected chi connectivity index (χ1v) is 5.26. The van der Waals surface area contributed by atoms with Crippen molar-refractivity contribution in [3.63, 3.8) is 0 Å². The Morgan fingerprint density at radius 1 is 1.56 bits per heavy atom. The summed E-state index contributed by atoms with van der Waals surface area (Å²) in [5.74, 6) is 0.810. The van der Waals surface area contributed by atoms with E-state index in [0.29, 0.717) is 12.7 Å². The highest BCUT2D eigenvalue weighted by Crippen LogP contribution is 2.35. The summed E-state index contributed by atoms with van der Waals surface area (Å²) >= 11 is 0. The summed E-state index contributed by atoms with van der Waals surface area (Å²) < 4.78 is 5.55. The molecule has 86 valence electrons. The van der Waals surface area contributed by atoms with Crippen LogP contribution >= 0.6 is 0 Å². The fraction of sp³-hybridized carbons (Fsp3) is 0.417. The van der Waals surface area contributed by atoms with Crippen molar-refractivity contribution in [1.29, 1.82) is 0 Å². The number of nitrogens with two attached hydrogens (primary N) is 1. The van der Waals surface area contributed by atoms with Gasteiger partial charge in [0.25, 0.3) is 0 Å². The zero-order valence-electron chi connectivity index (χ0n) is 8.93. The quantitative estimate of drug-likeness (QED) is 0.711. The van der Waals surface area contributed by atoms with Crippen LogP contribution in [0.5, 0.6) is 5.75 Å². The van der Waals surface area contributed by atoms with Gasteiger partial charge in [0.2, 0.25) is 0 Å². The molecule has 3 N–H and O–H groups in total. The molecule has 0 fully saturated rings. The molecule has 2 unspecified atom stereocenters. The Kier molecular flexibility index (Phi) is 2.94. The molecule has 0 bridgehead atoms. The van der Waals surface area contributed by atoms with E-state index in [-0.39, 0.29) is 13.2 Å². The van der Waals surface area contributed by atoms with Crippen molar-refractivity contribution in [2.24, 2.45) is 11.1 Å². The second-order valence-electron chi connectivity index (χ2n) is 4.22. The number of carbonyl (C=O) groups is 1. The summed E-state index contributed by atoms with van der Waals surface area (Å²) in [4.78, 5) is 10.7. The molecule has 2 rings (SSSR count). The van der Waals surface area contributed by atoms with E-state index < -0.39 is 11.5 Å². The molecule has 4 heteroatoms. The molecular weight excluding hydrogens is 206 g/mol. The van der Waals surface area contributed by atoms with E-state index in [0.717, 1.165) is 11.3 Å². The van der Waals surface area contributed by atoms with Crippen LogP contribution in [-0.2, 0) is 11.2 Å². The Labute approximate surface area is 94.0 Å². The lowest BCUT2D eigenvalue weighted by molar-refractivity contribution is -0.123. The lowest BCUT2D eigenvalue weighted by Gasteiger charge is -2.38. The third-order valence-electron chi connectivity index (χ3n) is 3.19. The number of aliphatic hydroxyl groups excluding tert-OH is 1. The van der Waals surface area contributed by atoms with Crippen LogP contribution < -0.4 is 10.5 Å². The molecule has 0 amide bonds. The molecule has 0 aromatic heterocycles. The maximum Gasteiger partial charge on any atom is 0.149 e. The number of benzene rings is 1.